The Bertz CT molecular complexity index is 505. The van der Waals surface area contributed by atoms with Crippen molar-refractivity contribution >= 4 is 33.4 Å². The van der Waals surface area contributed by atoms with E-state index in [9.17, 15) is 19.7 Å². The van der Waals surface area contributed by atoms with Crippen LogP contribution in [0.2, 0.25) is 0 Å². The van der Waals surface area contributed by atoms with Gasteiger partial charge in [0.1, 0.15) is 0 Å². The van der Waals surface area contributed by atoms with Crippen molar-refractivity contribution in [3.63, 3.8) is 0 Å². The molecule has 0 fully saturated rings. The summed E-state index contributed by atoms with van der Waals surface area (Å²) in [5, 5.41) is 10.6. The quantitative estimate of drug-likeness (QED) is 0.604. The van der Waals surface area contributed by atoms with Crippen LogP contribution in [-0.2, 0) is 9.63 Å². The number of non-ortho nitro benzene ring substituents is 1. The highest BCUT2D eigenvalue weighted by Gasteiger charge is 2.14. The van der Waals surface area contributed by atoms with Gasteiger partial charge in [-0.1, -0.05) is 15.9 Å². The fourth-order valence-electron chi connectivity index (χ4n) is 1.04. The molecule has 0 aliphatic heterocycles. The Kier molecular flexibility index (Phi) is 4.75. The molecule has 1 aromatic carbocycles. The molecule has 1 aromatic rings. The zero-order valence-corrected chi connectivity index (χ0v) is 10.5. The monoisotopic (exact) mass is 317 g/mol. The standard InChI is InChI=1S/C9H8BrN3O5/c10-6-1-5(2-7(3-6)13(16)17)9(15)12-18-4-8(11)14/h1-3H,4H2,(H2,11,14)(H,12,15). The highest BCUT2D eigenvalue weighted by molar-refractivity contribution is 9.10. The van der Waals surface area contributed by atoms with Crippen LogP contribution in [0, 0.1) is 10.1 Å². The van der Waals surface area contributed by atoms with E-state index in [-0.39, 0.29) is 11.3 Å². The third-order valence-corrected chi connectivity index (χ3v) is 2.19. The lowest BCUT2D eigenvalue weighted by atomic mass is 10.2. The van der Waals surface area contributed by atoms with Gasteiger partial charge in [0, 0.05) is 22.2 Å². The molecule has 0 atom stereocenters. The molecule has 0 saturated carbocycles. The Labute approximate surface area is 109 Å². The molecule has 1 rings (SSSR count). The maximum Gasteiger partial charge on any atom is 0.275 e. The van der Waals surface area contributed by atoms with E-state index in [2.05, 4.69) is 20.8 Å². The topological polar surface area (TPSA) is 125 Å². The fourth-order valence-corrected chi connectivity index (χ4v) is 1.52. The van der Waals surface area contributed by atoms with Crippen LogP contribution in [0.1, 0.15) is 10.4 Å². The van der Waals surface area contributed by atoms with Crippen LogP contribution in [-0.4, -0.2) is 23.3 Å². The Balaban J connectivity index is 2.79. The van der Waals surface area contributed by atoms with Crippen LogP contribution in [0.15, 0.2) is 22.7 Å². The molecule has 3 N–H and O–H groups in total. The van der Waals surface area contributed by atoms with Crippen molar-refractivity contribution < 1.29 is 19.3 Å². The maximum atomic E-state index is 11.5. The van der Waals surface area contributed by atoms with Crippen molar-refractivity contribution in [2.45, 2.75) is 0 Å². The summed E-state index contributed by atoms with van der Waals surface area (Å²) in [4.78, 5) is 36.3. The molecule has 0 unspecified atom stereocenters. The molecule has 2 amide bonds. The molecular weight excluding hydrogens is 310 g/mol. The lowest BCUT2D eigenvalue weighted by molar-refractivity contribution is -0.385. The van der Waals surface area contributed by atoms with E-state index in [4.69, 9.17) is 5.73 Å². The van der Waals surface area contributed by atoms with E-state index in [0.717, 1.165) is 6.07 Å². The fraction of sp³-hybridized carbons (Fsp3) is 0.111. The molecule has 0 aliphatic rings. The summed E-state index contributed by atoms with van der Waals surface area (Å²) in [6, 6.07) is 3.70. The number of nitro groups is 1. The van der Waals surface area contributed by atoms with E-state index in [1.165, 1.54) is 12.1 Å². The molecular formula is C9H8BrN3O5. The van der Waals surface area contributed by atoms with Crippen LogP contribution in [0.4, 0.5) is 5.69 Å². The zero-order chi connectivity index (χ0) is 13.7. The second-order valence-corrected chi connectivity index (χ2v) is 4.06. The number of nitrogens with zero attached hydrogens (tertiary/aromatic N) is 1. The summed E-state index contributed by atoms with van der Waals surface area (Å²) in [5.41, 5.74) is 6.50. The number of hydroxylamine groups is 1. The lowest BCUT2D eigenvalue weighted by Crippen LogP contribution is -2.29. The SMILES string of the molecule is NC(=O)CONC(=O)c1cc(Br)cc([N+](=O)[O-])c1. The van der Waals surface area contributed by atoms with E-state index >= 15 is 0 Å². The molecule has 0 bridgehead atoms. The number of rotatable bonds is 5. The van der Waals surface area contributed by atoms with Gasteiger partial charge in [0.05, 0.1) is 4.92 Å². The first-order valence-corrected chi connectivity index (χ1v) is 5.35. The average molecular weight is 318 g/mol. The van der Waals surface area contributed by atoms with Crippen LogP contribution >= 0.6 is 15.9 Å². The van der Waals surface area contributed by atoms with Gasteiger partial charge in [-0.2, -0.15) is 0 Å². The third kappa shape index (κ3) is 4.11. The first kappa shape index (κ1) is 14.1. The molecule has 8 nitrogen and oxygen atoms in total. The summed E-state index contributed by atoms with van der Waals surface area (Å²) in [7, 11) is 0. The molecule has 18 heavy (non-hydrogen) atoms. The minimum absolute atomic E-state index is 0.0144. The van der Waals surface area contributed by atoms with Gasteiger partial charge in [-0.3, -0.25) is 24.5 Å². The van der Waals surface area contributed by atoms with E-state index in [1.807, 2.05) is 5.48 Å². The van der Waals surface area contributed by atoms with Crippen molar-refractivity contribution in [1.29, 1.82) is 0 Å². The Morgan fingerprint density at radius 2 is 2.11 bits per heavy atom. The zero-order valence-electron chi connectivity index (χ0n) is 8.88. The number of halogens is 1. The molecule has 0 aliphatic carbocycles. The molecule has 9 heteroatoms. The summed E-state index contributed by atoms with van der Waals surface area (Å²) >= 11 is 3.04. The Morgan fingerprint density at radius 3 is 2.67 bits per heavy atom. The van der Waals surface area contributed by atoms with Crippen molar-refractivity contribution in [2.75, 3.05) is 6.61 Å². The van der Waals surface area contributed by atoms with Crippen molar-refractivity contribution in [1.82, 2.24) is 5.48 Å². The van der Waals surface area contributed by atoms with Crippen molar-refractivity contribution in [3.8, 4) is 0 Å². The number of hydrogen-bond acceptors (Lipinski definition) is 5. The van der Waals surface area contributed by atoms with E-state index in [1.54, 1.807) is 0 Å². The minimum Gasteiger partial charge on any atom is -0.368 e. The maximum absolute atomic E-state index is 11.5. The number of nitro benzene ring substituents is 1. The molecule has 0 saturated heterocycles. The number of hydrogen-bond donors (Lipinski definition) is 2. The number of carbonyl (C=O) groups excluding carboxylic acids is 2. The van der Waals surface area contributed by atoms with Gasteiger partial charge >= 0.3 is 0 Å². The first-order chi connectivity index (χ1) is 8.40. The number of carbonyl (C=O) groups is 2. The van der Waals surface area contributed by atoms with Crippen molar-refractivity contribution in [3.05, 3.63) is 38.3 Å². The summed E-state index contributed by atoms with van der Waals surface area (Å²) in [6.45, 7) is -0.484. The van der Waals surface area contributed by atoms with Gasteiger partial charge < -0.3 is 5.73 Å². The first-order valence-electron chi connectivity index (χ1n) is 4.55. The average Bonchev–Trinajstić information content (AvgIpc) is 2.27. The second-order valence-electron chi connectivity index (χ2n) is 3.14. The van der Waals surface area contributed by atoms with Gasteiger partial charge in [-0.25, -0.2) is 5.48 Å². The predicted molar refractivity (Wildman–Crippen MR) is 63.4 cm³/mol. The number of benzene rings is 1. The summed E-state index contributed by atoms with van der Waals surface area (Å²) in [5.74, 6) is -1.48. The lowest BCUT2D eigenvalue weighted by Gasteiger charge is -2.04. The Hall–Kier alpha value is -2.00. The van der Waals surface area contributed by atoms with Gasteiger partial charge in [0.25, 0.3) is 11.6 Å². The smallest absolute Gasteiger partial charge is 0.275 e. The van der Waals surface area contributed by atoms with Crippen molar-refractivity contribution in [2.24, 2.45) is 5.73 Å². The van der Waals surface area contributed by atoms with Gasteiger partial charge in [-0.15, -0.1) is 0 Å². The van der Waals surface area contributed by atoms with Crippen LogP contribution in [0.3, 0.4) is 0 Å². The molecule has 96 valence electrons. The second kappa shape index (κ2) is 6.07. The van der Waals surface area contributed by atoms with Crippen LogP contribution in [0.5, 0.6) is 0 Å². The Morgan fingerprint density at radius 1 is 1.44 bits per heavy atom. The number of nitrogens with two attached hydrogens (primary N) is 1. The summed E-state index contributed by atoms with van der Waals surface area (Å²) in [6.07, 6.45) is 0. The van der Waals surface area contributed by atoms with Gasteiger partial charge in [0.15, 0.2) is 6.61 Å². The number of nitrogens with one attached hydrogen (secondary N) is 1. The van der Waals surface area contributed by atoms with Crippen LogP contribution in [0.25, 0.3) is 0 Å². The number of amides is 2. The van der Waals surface area contributed by atoms with Crippen LogP contribution < -0.4 is 11.2 Å². The molecule has 0 heterocycles. The predicted octanol–water partition coefficient (Wildman–Crippen LogP) is 0.504. The minimum atomic E-state index is -0.754. The highest BCUT2D eigenvalue weighted by atomic mass is 79.9. The van der Waals surface area contributed by atoms with E-state index in [0.29, 0.717) is 4.47 Å². The number of primary amides is 1. The van der Waals surface area contributed by atoms with E-state index < -0.39 is 23.3 Å². The van der Waals surface area contributed by atoms with Gasteiger partial charge in [-0.05, 0) is 6.07 Å². The largest absolute Gasteiger partial charge is 0.368 e. The normalized spacial score (nSPS) is 9.83. The molecule has 0 aromatic heterocycles. The third-order valence-electron chi connectivity index (χ3n) is 1.73. The summed E-state index contributed by atoms with van der Waals surface area (Å²) < 4.78 is 0.372. The highest BCUT2D eigenvalue weighted by Crippen LogP contribution is 2.21. The molecule has 0 radical (unpaired) electrons. The van der Waals surface area contributed by atoms with Gasteiger partial charge in [0.2, 0.25) is 5.91 Å². The molecule has 0 spiro atoms.